The van der Waals surface area contributed by atoms with Gasteiger partial charge in [0.1, 0.15) is 16.7 Å². The first kappa shape index (κ1) is 25.4. The molecule has 0 unspecified atom stereocenters. The van der Waals surface area contributed by atoms with E-state index in [1.165, 1.54) is 5.56 Å². The van der Waals surface area contributed by atoms with Crippen LogP contribution in [0.3, 0.4) is 0 Å². The van der Waals surface area contributed by atoms with Crippen molar-refractivity contribution in [3.8, 4) is 22.3 Å². The lowest BCUT2D eigenvalue weighted by atomic mass is 10.0. The van der Waals surface area contributed by atoms with Gasteiger partial charge in [0.2, 0.25) is 0 Å². The van der Waals surface area contributed by atoms with Crippen LogP contribution in [0.25, 0.3) is 66.1 Å². The summed E-state index contributed by atoms with van der Waals surface area (Å²) in [7, 11) is 0. The lowest BCUT2D eigenvalue weighted by Gasteiger charge is -2.26. The molecule has 2 heterocycles. The molecule has 0 aliphatic rings. The smallest absolute Gasteiger partial charge is 0.159 e. The third-order valence-electron chi connectivity index (χ3n) is 8.66. The highest BCUT2D eigenvalue weighted by atomic mass is 16.3. The summed E-state index contributed by atoms with van der Waals surface area (Å²) in [6.45, 7) is 0. The van der Waals surface area contributed by atoms with E-state index >= 15 is 0 Å². The number of nitrogens with zero attached hydrogens (tertiary/aromatic N) is 1. The Morgan fingerprint density at radius 2 is 0.978 bits per heavy atom. The second-order valence-corrected chi connectivity index (χ2v) is 11.3. The number of para-hydroxylation sites is 3. The monoisotopic (exact) mass is 577 g/mol. The van der Waals surface area contributed by atoms with Crippen LogP contribution in [0.1, 0.15) is 0 Å². The molecule has 0 saturated heterocycles. The fraction of sp³-hybridized carbons (Fsp3) is 0. The van der Waals surface area contributed by atoms with Crippen molar-refractivity contribution < 1.29 is 8.83 Å². The summed E-state index contributed by atoms with van der Waals surface area (Å²) in [4.78, 5) is 2.32. The van der Waals surface area contributed by atoms with Crippen molar-refractivity contribution in [3.05, 3.63) is 164 Å². The Hall–Kier alpha value is -6.06. The molecule has 0 saturated carbocycles. The summed E-state index contributed by atoms with van der Waals surface area (Å²) in [5, 5.41) is 4.32. The van der Waals surface area contributed by atoms with E-state index in [0.29, 0.717) is 0 Å². The van der Waals surface area contributed by atoms with Crippen molar-refractivity contribution in [2.75, 3.05) is 4.90 Å². The minimum absolute atomic E-state index is 0.839. The Labute approximate surface area is 260 Å². The Bertz CT molecular complexity index is 2490. The molecule has 7 aromatic carbocycles. The number of anilines is 3. The van der Waals surface area contributed by atoms with Crippen molar-refractivity contribution in [2.24, 2.45) is 0 Å². The van der Waals surface area contributed by atoms with Crippen molar-refractivity contribution >= 4 is 60.9 Å². The Morgan fingerprint density at radius 3 is 1.82 bits per heavy atom. The predicted octanol–water partition coefficient (Wildman–Crippen LogP) is 12.3. The summed E-state index contributed by atoms with van der Waals surface area (Å²) in [6.07, 6.45) is 0. The van der Waals surface area contributed by atoms with Crippen LogP contribution >= 0.6 is 0 Å². The average molecular weight is 578 g/mol. The molecule has 9 rings (SSSR count). The van der Waals surface area contributed by atoms with Crippen LogP contribution in [0.4, 0.5) is 17.1 Å². The van der Waals surface area contributed by atoms with E-state index < -0.39 is 0 Å². The SMILES string of the molecule is c1ccc(-c2cccc(N(c3cccc4c3oc3c(-c5ccccc5)cccc34)c3cccc4oc5ccccc5c34)c2)cc1. The largest absolute Gasteiger partial charge is 0.456 e. The molecule has 3 heteroatoms. The Morgan fingerprint density at radius 1 is 0.378 bits per heavy atom. The summed E-state index contributed by atoms with van der Waals surface area (Å²) in [5.41, 5.74) is 11.0. The maximum Gasteiger partial charge on any atom is 0.159 e. The van der Waals surface area contributed by atoms with Gasteiger partial charge in [0.15, 0.2) is 5.58 Å². The molecular weight excluding hydrogens is 550 g/mol. The van der Waals surface area contributed by atoms with Gasteiger partial charge >= 0.3 is 0 Å². The maximum absolute atomic E-state index is 6.92. The Balaban J connectivity index is 1.35. The second-order valence-electron chi connectivity index (χ2n) is 11.3. The van der Waals surface area contributed by atoms with Gasteiger partial charge in [-0.2, -0.15) is 0 Å². The van der Waals surface area contributed by atoms with E-state index in [1.807, 2.05) is 24.3 Å². The lowest BCUT2D eigenvalue weighted by molar-refractivity contribution is 0.668. The van der Waals surface area contributed by atoms with Crippen molar-refractivity contribution in [1.82, 2.24) is 0 Å². The fourth-order valence-corrected chi connectivity index (χ4v) is 6.63. The fourth-order valence-electron chi connectivity index (χ4n) is 6.63. The molecule has 212 valence electrons. The molecule has 3 nitrogen and oxygen atoms in total. The first-order valence-corrected chi connectivity index (χ1v) is 15.2. The standard InChI is InChI=1S/C42H27NO2/c1-3-13-28(14-4-1)30-17-9-18-31(27-30)43(36-23-12-26-39-40(36)35-19-7-8-25-38(35)44-39)37-24-11-22-34-33-21-10-20-32(41(33)45-42(34)37)29-15-5-2-6-16-29/h1-27H. The molecule has 0 fully saturated rings. The molecule has 0 radical (unpaired) electrons. The molecule has 45 heavy (non-hydrogen) atoms. The van der Waals surface area contributed by atoms with E-state index in [1.54, 1.807) is 0 Å². The van der Waals surface area contributed by atoms with E-state index in [-0.39, 0.29) is 0 Å². The van der Waals surface area contributed by atoms with Crippen LogP contribution in [-0.2, 0) is 0 Å². The van der Waals surface area contributed by atoms with Gasteiger partial charge in [-0.15, -0.1) is 0 Å². The molecule has 0 amide bonds. The molecule has 0 aliphatic carbocycles. The number of furan rings is 2. The quantitative estimate of drug-likeness (QED) is 0.204. The highest BCUT2D eigenvalue weighted by Crippen LogP contribution is 2.47. The zero-order valence-electron chi connectivity index (χ0n) is 24.4. The van der Waals surface area contributed by atoms with Crippen LogP contribution in [-0.4, -0.2) is 0 Å². The normalized spacial score (nSPS) is 11.6. The number of rotatable bonds is 5. The van der Waals surface area contributed by atoms with E-state index in [2.05, 4.69) is 144 Å². The van der Waals surface area contributed by atoms with Gasteiger partial charge in [-0.3, -0.25) is 0 Å². The minimum atomic E-state index is 0.839. The van der Waals surface area contributed by atoms with E-state index in [4.69, 9.17) is 8.83 Å². The number of benzene rings is 7. The highest BCUT2D eigenvalue weighted by molar-refractivity contribution is 6.17. The molecule has 0 aliphatic heterocycles. The molecule has 2 aromatic heterocycles. The van der Waals surface area contributed by atoms with Gasteiger partial charge in [0.25, 0.3) is 0 Å². The summed E-state index contributed by atoms with van der Waals surface area (Å²) >= 11 is 0. The molecule has 0 N–H and O–H groups in total. The van der Waals surface area contributed by atoms with Crippen LogP contribution in [0.2, 0.25) is 0 Å². The van der Waals surface area contributed by atoms with Crippen molar-refractivity contribution in [1.29, 1.82) is 0 Å². The topological polar surface area (TPSA) is 29.5 Å². The first-order chi connectivity index (χ1) is 22.3. The van der Waals surface area contributed by atoms with Gasteiger partial charge in [0.05, 0.1) is 16.8 Å². The first-order valence-electron chi connectivity index (χ1n) is 15.2. The third kappa shape index (κ3) is 4.13. The van der Waals surface area contributed by atoms with E-state index in [9.17, 15) is 0 Å². The van der Waals surface area contributed by atoms with Crippen LogP contribution in [0, 0.1) is 0 Å². The van der Waals surface area contributed by atoms with Crippen molar-refractivity contribution in [2.45, 2.75) is 0 Å². The lowest BCUT2D eigenvalue weighted by Crippen LogP contribution is -2.10. The molecule has 0 spiro atoms. The number of hydrogen-bond acceptors (Lipinski definition) is 3. The number of hydrogen-bond donors (Lipinski definition) is 0. The predicted molar refractivity (Wildman–Crippen MR) is 187 cm³/mol. The molecular formula is C42H27NO2. The Kier molecular flexibility index (Phi) is 5.82. The molecule has 0 bridgehead atoms. The summed E-state index contributed by atoms with van der Waals surface area (Å²) in [5.74, 6) is 0. The van der Waals surface area contributed by atoms with Gasteiger partial charge in [-0.25, -0.2) is 0 Å². The summed E-state index contributed by atoms with van der Waals surface area (Å²) in [6, 6.07) is 57.1. The van der Waals surface area contributed by atoms with Crippen LogP contribution < -0.4 is 4.90 Å². The summed E-state index contributed by atoms with van der Waals surface area (Å²) < 4.78 is 13.3. The highest BCUT2D eigenvalue weighted by Gasteiger charge is 2.24. The van der Waals surface area contributed by atoms with Gasteiger partial charge in [-0.1, -0.05) is 127 Å². The average Bonchev–Trinajstić information content (AvgIpc) is 3.69. The molecule has 0 atom stereocenters. The number of fused-ring (bicyclic) bond motifs is 6. The van der Waals surface area contributed by atoms with E-state index in [0.717, 1.165) is 77.6 Å². The van der Waals surface area contributed by atoms with Crippen molar-refractivity contribution in [3.63, 3.8) is 0 Å². The third-order valence-corrected chi connectivity index (χ3v) is 8.66. The molecule has 9 aromatic rings. The van der Waals surface area contributed by atoms with Crippen LogP contribution in [0.5, 0.6) is 0 Å². The zero-order chi connectivity index (χ0) is 29.7. The minimum Gasteiger partial charge on any atom is -0.456 e. The van der Waals surface area contributed by atoms with Gasteiger partial charge < -0.3 is 13.7 Å². The second kappa shape index (κ2) is 10.3. The van der Waals surface area contributed by atoms with Gasteiger partial charge in [0, 0.05) is 27.4 Å². The van der Waals surface area contributed by atoms with Gasteiger partial charge in [-0.05, 0) is 53.1 Å². The zero-order valence-corrected chi connectivity index (χ0v) is 24.4. The maximum atomic E-state index is 6.92. The van der Waals surface area contributed by atoms with Crippen LogP contribution in [0.15, 0.2) is 173 Å².